The van der Waals surface area contributed by atoms with Gasteiger partial charge in [0.1, 0.15) is 0 Å². The maximum Gasteiger partial charge on any atom is 0.0897 e. The number of nitrogens with zero attached hydrogens (tertiary/aromatic N) is 1. The van der Waals surface area contributed by atoms with Crippen molar-refractivity contribution >= 4 is 0 Å². The highest BCUT2D eigenvalue weighted by atomic mass is 16.5. The van der Waals surface area contributed by atoms with Crippen LogP contribution in [0.3, 0.4) is 0 Å². The lowest BCUT2D eigenvalue weighted by atomic mass is 9.75. The molecule has 2 N–H and O–H groups in total. The van der Waals surface area contributed by atoms with Crippen LogP contribution < -0.4 is 5.32 Å². The van der Waals surface area contributed by atoms with E-state index in [0.717, 1.165) is 25.0 Å². The fourth-order valence-electron chi connectivity index (χ4n) is 3.54. The Morgan fingerprint density at radius 1 is 1.33 bits per heavy atom. The van der Waals surface area contributed by atoms with Gasteiger partial charge in [-0.1, -0.05) is 19.8 Å². The van der Waals surface area contributed by atoms with E-state index >= 15 is 0 Å². The molecular weight excluding hydrogens is 264 g/mol. The Balaban J connectivity index is 1.66. The average molecular weight is 298 g/mol. The molecule has 0 aromatic rings. The number of aliphatic hydroxyl groups excluding tert-OH is 1. The summed E-state index contributed by atoms with van der Waals surface area (Å²) in [4.78, 5) is 2.38. The Morgan fingerprint density at radius 2 is 2.10 bits per heavy atom. The van der Waals surface area contributed by atoms with E-state index in [1.807, 2.05) is 0 Å². The zero-order valence-electron chi connectivity index (χ0n) is 14.1. The summed E-state index contributed by atoms with van der Waals surface area (Å²) >= 11 is 0. The van der Waals surface area contributed by atoms with Gasteiger partial charge in [0.2, 0.25) is 0 Å². The standard InChI is InChI=1S/C17H34N2O2/c1-14-5-4-8-17(9-14,19(2)3)13-18-10-16(20)12-21-11-15-6-7-15/h14-16,18,20H,4-13H2,1-3H3. The second-order valence-corrected chi connectivity index (χ2v) is 7.59. The molecule has 0 spiro atoms. The van der Waals surface area contributed by atoms with Gasteiger partial charge in [-0.15, -0.1) is 0 Å². The van der Waals surface area contributed by atoms with E-state index in [2.05, 4.69) is 31.2 Å². The quantitative estimate of drug-likeness (QED) is 0.682. The van der Waals surface area contributed by atoms with Crippen LogP contribution in [0.2, 0.25) is 0 Å². The zero-order chi connectivity index (χ0) is 15.3. The molecular formula is C17H34N2O2. The van der Waals surface area contributed by atoms with Crippen molar-refractivity contribution < 1.29 is 9.84 Å². The predicted molar refractivity (Wildman–Crippen MR) is 86.5 cm³/mol. The molecule has 2 rings (SSSR count). The van der Waals surface area contributed by atoms with Crippen molar-refractivity contribution in [3.8, 4) is 0 Å². The lowest BCUT2D eigenvalue weighted by Gasteiger charge is -2.45. The molecule has 2 aliphatic rings. The molecule has 4 nitrogen and oxygen atoms in total. The van der Waals surface area contributed by atoms with Crippen molar-refractivity contribution in [2.45, 2.75) is 57.1 Å². The number of aliphatic hydroxyl groups is 1. The molecule has 2 fully saturated rings. The first kappa shape index (κ1) is 17.2. The van der Waals surface area contributed by atoms with Crippen LogP contribution in [-0.2, 0) is 4.74 Å². The number of likely N-dealkylation sites (N-methyl/N-ethyl adjacent to an activating group) is 1. The molecule has 2 aliphatic carbocycles. The maximum atomic E-state index is 9.99. The molecule has 124 valence electrons. The first-order valence-electron chi connectivity index (χ1n) is 8.66. The molecule has 0 aromatic heterocycles. The molecule has 21 heavy (non-hydrogen) atoms. The maximum absolute atomic E-state index is 9.99. The van der Waals surface area contributed by atoms with E-state index in [-0.39, 0.29) is 11.6 Å². The Labute approximate surface area is 130 Å². The molecule has 0 saturated heterocycles. The number of rotatable bonds is 9. The molecule has 2 saturated carbocycles. The van der Waals surface area contributed by atoms with Crippen molar-refractivity contribution in [3.63, 3.8) is 0 Å². The average Bonchev–Trinajstić information content (AvgIpc) is 3.22. The minimum absolute atomic E-state index is 0.256. The Kier molecular flexibility index (Phi) is 6.48. The first-order chi connectivity index (χ1) is 10.0. The van der Waals surface area contributed by atoms with Crippen molar-refractivity contribution in [2.75, 3.05) is 40.4 Å². The van der Waals surface area contributed by atoms with E-state index in [1.165, 1.54) is 38.5 Å². The van der Waals surface area contributed by atoms with Crippen LogP contribution in [0.25, 0.3) is 0 Å². The van der Waals surface area contributed by atoms with Crippen molar-refractivity contribution in [1.82, 2.24) is 10.2 Å². The molecule has 3 unspecified atom stereocenters. The van der Waals surface area contributed by atoms with Gasteiger partial charge < -0.3 is 20.1 Å². The van der Waals surface area contributed by atoms with Gasteiger partial charge in [0.15, 0.2) is 0 Å². The van der Waals surface area contributed by atoms with Gasteiger partial charge in [0.25, 0.3) is 0 Å². The third kappa shape index (κ3) is 5.51. The summed E-state index contributed by atoms with van der Waals surface area (Å²) in [7, 11) is 4.38. The van der Waals surface area contributed by atoms with Crippen LogP contribution in [0.5, 0.6) is 0 Å². The molecule has 3 atom stereocenters. The molecule has 0 aromatic carbocycles. The molecule has 0 radical (unpaired) electrons. The van der Waals surface area contributed by atoms with Crippen LogP contribution >= 0.6 is 0 Å². The van der Waals surface area contributed by atoms with Crippen LogP contribution in [0, 0.1) is 11.8 Å². The van der Waals surface area contributed by atoms with Crippen LogP contribution in [-0.4, -0.2) is 62.0 Å². The Bertz CT molecular complexity index is 307. The Hall–Kier alpha value is -0.160. The third-order valence-electron chi connectivity index (χ3n) is 5.21. The smallest absolute Gasteiger partial charge is 0.0897 e. The third-order valence-corrected chi connectivity index (χ3v) is 5.21. The fraction of sp³-hybridized carbons (Fsp3) is 1.00. The van der Waals surface area contributed by atoms with Gasteiger partial charge in [0.05, 0.1) is 12.7 Å². The number of nitrogens with one attached hydrogen (secondary N) is 1. The normalized spacial score (nSPS) is 31.6. The SMILES string of the molecule is CC1CCCC(CNCC(O)COCC2CC2)(N(C)C)C1. The molecule has 0 amide bonds. The highest BCUT2D eigenvalue weighted by molar-refractivity contribution is 4.94. The minimum atomic E-state index is -0.385. The largest absolute Gasteiger partial charge is 0.389 e. The number of ether oxygens (including phenoxy) is 1. The number of hydrogen-bond acceptors (Lipinski definition) is 4. The zero-order valence-corrected chi connectivity index (χ0v) is 14.1. The fourth-order valence-corrected chi connectivity index (χ4v) is 3.54. The van der Waals surface area contributed by atoms with Crippen molar-refractivity contribution in [3.05, 3.63) is 0 Å². The van der Waals surface area contributed by atoms with Gasteiger partial charge in [-0.2, -0.15) is 0 Å². The molecule has 0 aliphatic heterocycles. The van der Waals surface area contributed by atoms with E-state index in [0.29, 0.717) is 13.2 Å². The van der Waals surface area contributed by atoms with E-state index in [1.54, 1.807) is 0 Å². The summed E-state index contributed by atoms with van der Waals surface area (Å²) in [6, 6.07) is 0. The summed E-state index contributed by atoms with van der Waals surface area (Å²) in [5.74, 6) is 1.57. The van der Waals surface area contributed by atoms with Crippen molar-refractivity contribution in [2.24, 2.45) is 11.8 Å². The number of hydrogen-bond donors (Lipinski definition) is 2. The van der Waals surface area contributed by atoms with Crippen LogP contribution in [0.4, 0.5) is 0 Å². The summed E-state index contributed by atoms with van der Waals surface area (Å²) in [6.07, 6.45) is 7.40. The van der Waals surface area contributed by atoms with Crippen molar-refractivity contribution in [1.29, 1.82) is 0 Å². The second-order valence-electron chi connectivity index (χ2n) is 7.59. The van der Waals surface area contributed by atoms with E-state index < -0.39 is 0 Å². The van der Waals surface area contributed by atoms with E-state index in [9.17, 15) is 5.11 Å². The van der Waals surface area contributed by atoms with Crippen LogP contribution in [0.1, 0.15) is 45.4 Å². The molecule has 0 bridgehead atoms. The van der Waals surface area contributed by atoms with Gasteiger partial charge in [-0.05, 0) is 51.6 Å². The van der Waals surface area contributed by atoms with Gasteiger partial charge >= 0.3 is 0 Å². The summed E-state index contributed by atoms with van der Waals surface area (Å²) in [6.45, 7) is 5.25. The molecule has 4 heteroatoms. The predicted octanol–water partition coefficient (Wildman–Crippen LogP) is 1.87. The summed E-state index contributed by atoms with van der Waals surface area (Å²) in [5.41, 5.74) is 0.256. The monoisotopic (exact) mass is 298 g/mol. The van der Waals surface area contributed by atoms with Gasteiger partial charge in [-0.3, -0.25) is 0 Å². The minimum Gasteiger partial charge on any atom is -0.389 e. The highest BCUT2D eigenvalue weighted by Crippen LogP contribution is 2.35. The summed E-state index contributed by atoms with van der Waals surface area (Å²) < 4.78 is 5.55. The van der Waals surface area contributed by atoms with E-state index in [4.69, 9.17) is 4.74 Å². The van der Waals surface area contributed by atoms with Gasteiger partial charge in [-0.25, -0.2) is 0 Å². The Morgan fingerprint density at radius 3 is 2.71 bits per heavy atom. The van der Waals surface area contributed by atoms with Crippen LogP contribution in [0.15, 0.2) is 0 Å². The highest BCUT2D eigenvalue weighted by Gasteiger charge is 2.36. The van der Waals surface area contributed by atoms with Gasteiger partial charge in [0, 0.05) is 25.2 Å². The summed E-state index contributed by atoms with van der Waals surface area (Å²) in [5, 5.41) is 13.5. The first-order valence-corrected chi connectivity index (χ1v) is 8.66. The molecule has 0 heterocycles. The lowest BCUT2D eigenvalue weighted by Crippen LogP contribution is -2.55. The lowest BCUT2D eigenvalue weighted by molar-refractivity contribution is 0.0266. The second kappa shape index (κ2) is 7.91. The topological polar surface area (TPSA) is 44.7 Å².